The first-order valence-electron chi connectivity index (χ1n) is 10.0. The van der Waals surface area contributed by atoms with Crippen LogP contribution >= 0.6 is 0 Å². The third-order valence-corrected chi connectivity index (χ3v) is 6.33. The lowest BCUT2D eigenvalue weighted by atomic mass is 9.67. The molecule has 3 aliphatic rings. The van der Waals surface area contributed by atoms with Crippen molar-refractivity contribution in [1.82, 2.24) is 10.6 Å². The third-order valence-electron chi connectivity index (χ3n) is 6.33. The Morgan fingerprint density at radius 1 is 1.38 bits per heavy atom. The van der Waals surface area contributed by atoms with Gasteiger partial charge in [-0.05, 0) is 43.9 Å². The van der Waals surface area contributed by atoms with Gasteiger partial charge in [0.15, 0.2) is 0 Å². The number of aryl methyl sites for hydroxylation is 1. The second kappa shape index (κ2) is 7.57. The van der Waals surface area contributed by atoms with E-state index in [1.54, 1.807) is 0 Å². The Morgan fingerprint density at radius 2 is 2.31 bits per heavy atom. The molecule has 2 saturated heterocycles. The number of fused-ring (bicyclic) bond motifs is 1. The van der Waals surface area contributed by atoms with Crippen molar-refractivity contribution >= 4 is 5.91 Å². The largest absolute Gasteiger partial charge is 0.488 e. The predicted molar refractivity (Wildman–Crippen MR) is 100 cm³/mol. The van der Waals surface area contributed by atoms with E-state index in [9.17, 15) is 4.79 Å². The van der Waals surface area contributed by atoms with Gasteiger partial charge in [0.25, 0.3) is 0 Å². The van der Waals surface area contributed by atoms with Gasteiger partial charge in [0.1, 0.15) is 11.9 Å². The standard InChI is InChI=1S/C21H30N2O3/c1-15-5-6-16(19(10-15)26-18-7-9-25-13-18)11-23-20(24)21-8-3-2-4-17(21)12-22-14-21/h5-6,10,17-18,22H,2-4,7-9,11-14H2,1H3,(H,23,24)/t17-,18?,21+/m0/s1. The van der Waals surface area contributed by atoms with E-state index >= 15 is 0 Å². The zero-order valence-electron chi connectivity index (χ0n) is 15.7. The van der Waals surface area contributed by atoms with Gasteiger partial charge in [-0.15, -0.1) is 0 Å². The number of nitrogens with one attached hydrogen (secondary N) is 2. The van der Waals surface area contributed by atoms with Crippen LogP contribution in [-0.4, -0.2) is 38.3 Å². The monoisotopic (exact) mass is 358 g/mol. The van der Waals surface area contributed by atoms with Crippen molar-refractivity contribution in [2.24, 2.45) is 11.3 Å². The zero-order chi connectivity index (χ0) is 18.0. The minimum Gasteiger partial charge on any atom is -0.488 e. The summed E-state index contributed by atoms with van der Waals surface area (Å²) in [5.74, 6) is 1.58. The van der Waals surface area contributed by atoms with Crippen molar-refractivity contribution in [2.75, 3.05) is 26.3 Å². The summed E-state index contributed by atoms with van der Waals surface area (Å²) in [5.41, 5.74) is 2.01. The normalized spacial score (nSPS) is 30.8. The number of benzene rings is 1. The van der Waals surface area contributed by atoms with E-state index < -0.39 is 0 Å². The van der Waals surface area contributed by atoms with Crippen LogP contribution in [0.4, 0.5) is 0 Å². The van der Waals surface area contributed by atoms with Gasteiger partial charge in [-0.25, -0.2) is 0 Å². The van der Waals surface area contributed by atoms with Gasteiger partial charge in [0.2, 0.25) is 5.91 Å². The lowest BCUT2D eigenvalue weighted by Crippen LogP contribution is -2.47. The summed E-state index contributed by atoms with van der Waals surface area (Å²) in [6, 6.07) is 6.22. The summed E-state index contributed by atoms with van der Waals surface area (Å²) in [4.78, 5) is 13.1. The Bertz CT molecular complexity index is 657. The quantitative estimate of drug-likeness (QED) is 0.849. The number of carbonyl (C=O) groups excluding carboxylic acids is 1. The Kier molecular flexibility index (Phi) is 5.18. The lowest BCUT2D eigenvalue weighted by Gasteiger charge is -2.37. The summed E-state index contributed by atoms with van der Waals surface area (Å²) >= 11 is 0. The molecule has 1 aromatic carbocycles. The van der Waals surface area contributed by atoms with Crippen LogP contribution in [0.2, 0.25) is 0 Å². The van der Waals surface area contributed by atoms with Crippen LogP contribution in [-0.2, 0) is 16.1 Å². The van der Waals surface area contributed by atoms with Gasteiger partial charge in [-0.1, -0.05) is 25.0 Å². The summed E-state index contributed by atoms with van der Waals surface area (Å²) in [7, 11) is 0. The Morgan fingerprint density at radius 3 is 3.15 bits per heavy atom. The molecule has 4 rings (SSSR count). The van der Waals surface area contributed by atoms with E-state index in [0.29, 0.717) is 19.1 Å². The van der Waals surface area contributed by atoms with Gasteiger partial charge >= 0.3 is 0 Å². The molecule has 2 aliphatic heterocycles. The summed E-state index contributed by atoms with van der Waals surface area (Å²) in [5, 5.41) is 6.68. The van der Waals surface area contributed by atoms with Crippen molar-refractivity contribution in [2.45, 2.75) is 51.7 Å². The molecule has 2 N–H and O–H groups in total. The predicted octanol–water partition coefficient (Wildman–Crippen LogP) is 2.56. The molecule has 0 bridgehead atoms. The highest BCUT2D eigenvalue weighted by molar-refractivity contribution is 5.84. The minimum atomic E-state index is -0.205. The summed E-state index contributed by atoms with van der Waals surface area (Å²) < 4.78 is 11.6. The lowest BCUT2D eigenvalue weighted by molar-refractivity contribution is -0.134. The van der Waals surface area contributed by atoms with E-state index in [2.05, 4.69) is 35.8 Å². The number of amides is 1. The Balaban J connectivity index is 1.44. The fourth-order valence-electron chi connectivity index (χ4n) is 4.74. The molecule has 1 unspecified atom stereocenters. The Labute approximate surface area is 155 Å². The van der Waals surface area contributed by atoms with E-state index in [4.69, 9.17) is 9.47 Å². The van der Waals surface area contributed by atoms with Crippen molar-refractivity contribution in [3.8, 4) is 5.75 Å². The number of rotatable bonds is 5. The number of carbonyl (C=O) groups is 1. The molecule has 2 heterocycles. The zero-order valence-corrected chi connectivity index (χ0v) is 15.7. The first-order chi connectivity index (χ1) is 12.7. The van der Waals surface area contributed by atoms with Crippen LogP contribution in [0, 0.1) is 18.3 Å². The molecule has 0 spiro atoms. The number of ether oxygens (including phenoxy) is 2. The van der Waals surface area contributed by atoms with Crippen molar-refractivity contribution in [1.29, 1.82) is 0 Å². The Hall–Kier alpha value is -1.59. The highest BCUT2D eigenvalue weighted by Crippen LogP contribution is 2.44. The number of hydrogen-bond donors (Lipinski definition) is 2. The first-order valence-corrected chi connectivity index (χ1v) is 10.0. The minimum absolute atomic E-state index is 0.117. The van der Waals surface area contributed by atoms with E-state index in [1.165, 1.54) is 18.4 Å². The van der Waals surface area contributed by atoms with E-state index in [-0.39, 0.29) is 17.4 Å². The van der Waals surface area contributed by atoms with Gasteiger partial charge in [0.05, 0.1) is 18.6 Å². The van der Waals surface area contributed by atoms with Gasteiger partial charge in [-0.2, -0.15) is 0 Å². The molecule has 1 aliphatic carbocycles. The smallest absolute Gasteiger partial charge is 0.228 e. The van der Waals surface area contributed by atoms with Crippen LogP contribution in [0.3, 0.4) is 0 Å². The number of hydrogen-bond acceptors (Lipinski definition) is 4. The first kappa shape index (κ1) is 17.8. The average Bonchev–Trinajstić information content (AvgIpc) is 3.30. The summed E-state index contributed by atoms with van der Waals surface area (Å²) in [6.45, 7) is 5.80. The molecule has 5 heteroatoms. The molecule has 3 fully saturated rings. The average molecular weight is 358 g/mol. The molecular formula is C21H30N2O3. The fourth-order valence-corrected chi connectivity index (χ4v) is 4.74. The summed E-state index contributed by atoms with van der Waals surface area (Å²) in [6.07, 6.45) is 5.63. The van der Waals surface area contributed by atoms with Crippen LogP contribution in [0.15, 0.2) is 18.2 Å². The fraction of sp³-hybridized carbons (Fsp3) is 0.667. The van der Waals surface area contributed by atoms with Crippen molar-refractivity contribution in [3.05, 3.63) is 29.3 Å². The van der Waals surface area contributed by atoms with Crippen LogP contribution < -0.4 is 15.4 Å². The molecule has 142 valence electrons. The second-order valence-electron chi connectivity index (χ2n) is 8.13. The topological polar surface area (TPSA) is 59.6 Å². The SMILES string of the molecule is Cc1ccc(CNC(=O)[C@@]23CCCC[C@H]2CNC3)c(OC2CCOC2)c1. The van der Waals surface area contributed by atoms with E-state index in [0.717, 1.165) is 50.3 Å². The van der Waals surface area contributed by atoms with Crippen LogP contribution in [0.25, 0.3) is 0 Å². The molecule has 1 aromatic rings. The maximum absolute atomic E-state index is 13.1. The molecule has 26 heavy (non-hydrogen) atoms. The second-order valence-corrected chi connectivity index (χ2v) is 8.13. The third kappa shape index (κ3) is 3.47. The molecule has 5 nitrogen and oxygen atoms in total. The van der Waals surface area contributed by atoms with E-state index in [1.807, 2.05) is 0 Å². The maximum Gasteiger partial charge on any atom is 0.228 e. The van der Waals surface area contributed by atoms with Crippen molar-refractivity contribution in [3.63, 3.8) is 0 Å². The van der Waals surface area contributed by atoms with Gasteiger partial charge < -0.3 is 20.1 Å². The molecule has 3 atom stereocenters. The van der Waals surface area contributed by atoms with Crippen LogP contribution in [0.1, 0.15) is 43.2 Å². The molecular weight excluding hydrogens is 328 g/mol. The van der Waals surface area contributed by atoms with Gasteiger partial charge in [-0.3, -0.25) is 4.79 Å². The highest BCUT2D eigenvalue weighted by atomic mass is 16.5. The molecule has 1 amide bonds. The van der Waals surface area contributed by atoms with Crippen molar-refractivity contribution < 1.29 is 14.3 Å². The molecule has 0 aromatic heterocycles. The van der Waals surface area contributed by atoms with Gasteiger partial charge in [0, 0.05) is 25.1 Å². The van der Waals surface area contributed by atoms with Crippen LogP contribution in [0.5, 0.6) is 5.75 Å². The molecule has 1 saturated carbocycles. The highest BCUT2D eigenvalue weighted by Gasteiger charge is 2.49. The molecule has 0 radical (unpaired) electrons. The maximum atomic E-state index is 13.1.